The number of nitrogens with zero attached hydrogens (tertiary/aromatic N) is 4. The van der Waals surface area contributed by atoms with Gasteiger partial charge in [-0.2, -0.15) is 0 Å². The molecule has 0 saturated carbocycles. The van der Waals surface area contributed by atoms with Crippen molar-refractivity contribution in [2.24, 2.45) is 0 Å². The van der Waals surface area contributed by atoms with Gasteiger partial charge >= 0.3 is 0 Å². The summed E-state index contributed by atoms with van der Waals surface area (Å²) in [5.74, 6) is 0.646. The Hall–Kier alpha value is -11.4. The van der Waals surface area contributed by atoms with Crippen LogP contribution in [0.4, 0.5) is 0 Å². The standard InChI is InChI=1S/C90H67BN4/c1-89(2,3)73-39-41-75-86-83(73)71-51-62(56-25-13-7-14-26-56)37-43-79(71)94(86)81-53-70(54-82-85(81)91(75)76-42-40-74(90(4,5)6)84-72-52-63(57-27-15-8-16-28-57)38-44-80(72)95(82)87(76)84)88-92-77(68-47-64(58-29-17-9-18-30-58)45-65(48-68)59-31-19-10-20-32-59)55-78(93-88)69-49-66(60-33-21-11-22-34-60)46-67(50-69)61-35-23-12-24-36-61/h7-55H,1-6H3. The Morgan fingerprint density at radius 1 is 0.274 bits per heavy atom. The van der Waals surface area contributed by atoms with Gasteiger partial charge in [-0.25, -0.2) is 9.97 Å². The molecule has 2 aliphatic rings. The van der Waals surface area contributed by atoms with Gasteiger partial charge in [-0.3, -0.25) is 0 Å². The minimum absolute atomic E-state index is 0.102. The molecule has 0 spiro atoms. The van der Waals surface area contributed by atoms with Gasteiger partial charge in [0.05, 0.1) is 22.4 Å². The van der Waals surface area contributed by atoms with Crippen molar-refractivity contribution in [3.05, 3.63) is 308 Å². The zero-order valence-corrected chi connectivity index (χ0v) is 54.2. The summed E-state index contributed by atoms with van der Waals surface area (Å²) >= 11 is 0. The van der Waals surface area contributed by atoms with E-state index in [0.717, 1.165) is 84.0 Å². The van der Waals surface area contributed by atoms with Crippen LogP contribution < -0.4 is 16.4 Å². The van der Waals surface area contributed by atoms with Crippen LogP contribution in [0.15, 0.2) is 297 Å². The summed E-state index contributed by atoms with van der Waals surface area (Å²) in [6.45, 7) is 14.1. The normalized spacial score (nSPS) is 12.5. The molecule has 16 aromatic rings. The van der Waals surface area contributed by atoms with Crippen LogP contribution in [0.1, 0.15) is 52.7 Å². The van der Waals surface area contributed by atoms with Gasteiger partial charge in [0, 0.05) is 60.6 Å². The lowest BCUT2D eigenvalue weighted by atomic mass is 9.34. The molecule has 0 aliphatic carbocycles. The minimum Gasteiger partial charge on any atom is -0.310 e. The highest BCUT2D eigenvalue weighted by Gasteiger charge is 2.43. The second-order valence-corrected chi connectivity index (χ2v) is 28.1. The van der Waals surface area contributed by atoms with Crippen LogP contribution in [0, 0.1) is 0 Å². The number of fused-ring (bicyclic) bond motifs is 10. The Kier molecular flexibility index (Phi) is 12.8. The first kappa shape index (κ1) is 56.4. The minimum atomic E-state index is -0.175. The molecule has 5 heterocycles. The molecule has 0 N–H and O–H groups in total. The van der Waals surface area contributed by atoms with Gasteiger partial charge in [-0.15, -0.1) is 0 Å². The lowest BCUT2D eigenvalue weighted by molar-refractivity contribution is 0.596. The maximum absolute atomic E-state index is 5.93. The predicted octanol–water partition coefficient (Wildman–Crippen LogP) is 21.4. The number of rotatable bonds is 9. The predicted molar refractivity (Wildman–Crippen MR) is 402 cm³/mol. The summed E-state index contributed by atoms with van der Waals surface area (Å²) in [7, 11) is 0. The molecule has 4 nitrogen and oxygen atoms in total. The Labute approximate surface area is 555 Å². The van der Waals surface area contributed by atoms with E-state index in [1.54, 1.807) is 0 Å². The van der Waals surface area contributed by atoms with E-state index >= 15 is 0 Å². The van der Waals surface area contributed by atoms with Crippen molar-refractivity contribution in [2.45, 2.75) is 52.4 Å². The van der Waals surface area contributed by atoms with Crippen LogP contribution >= 0.6 is 0 Å². The second-order valence-electron chi connectivity index (χ2n) is 28.1. The van der Waals surface area contributed by atoms with E-state index in [1.807, 2.05) is 0 Å². The van der Waals surface area contributed by atoms with Gasteiger partial charge in [0.1, 0.15) is 0 Å². The molecule has 3 aromatic heterocycles. The average Bonchev–Trinajstić information content (AvgIpc) is 1.55. The molecule has 450 valence electrons. The molecule has 13 aromatic carbocycles. The average molecular weight is 1220 g/mol. The molecule has 0 radical (unpaired) electrons. The summed E-state index contributed by atoms with van der Waals surface area (Å²) in [5.41, 5.74) is 31.8. The van der Waals surface area contributed by atoms with E-state index in [1.165, 1.54) is 93.4 Å². The first-order chi connectivity index (χ1) is 46.4. The van der Waals surface area contributed by atoms with E-state index in [-0.39, 0.29) is 17.5 Å². The van der Waals surface area contributed by atoms with Crippen LogP contribution in [-0.2, 0) is 10.8 Å². The van der Waals surface area contributed by atoms with Crippen molar-refractivity contribution in [1.82, 2.24) is 19.1 Å². The SMILES string of the molecule is CC(C)(C)c1ccc2c3c1c1cc(-c4ccccc4)ccc1n3-c1cc(-c3nc(-c4cc(-c5ccccc5)cc(-c5ccccc5)c4)cc(-c4cc(-c5ccccc5)cc(-c5ccccc5)c4)n3)cc3c1B2c1ccc(C(C)(C)C)c2c4cc(-c5ccccc5)ccc4n-3c12. The lowest BCUT2D eigenvalue weighted by Gasteiger charge is -2.35. The van der Waals surface area contributed by atoms with Crippen LogP contribution in [-0.4, -0.2) is 25.8 Å². The summed E-state index contributed by atoms with van der Waals surface area (Å²) in [6.07, 6.45) is 0. The van der Waals surface area contributed by atoms with Gasteiger partial charge in [0.15, 0.2) is 5.82 Å². The third kappa shape index (κ3) is 9.27. The third-order valence-corrected chi connectivity index (χ3v) is 20.1. The van der Waals surface area contributed by atoms with Crippen molar-refractivity contribution >= 4 is 66.7 Å². The maximum Gasteiger partial charge on any atom is 0.252 e. The smallest absolute Gasteiger partial charge is 0.252 e. The van der Waals surface area contributed by atoms with Gasteiger partial charge in [0.25, 0.3) is 6.71 Å². The first-order valence-corrected chi connectivity index (χ1v) is 33.3. The first-order valence-electron chi connectivity index (χ1n) is 33.3. The molecule has 0 fully saturated rings. The van der Waals surface area contributed by atoms with Crippen molar-refractivity contribution in [2.75, 3.05) is 0 Å². The van der Waals surface area contributed by atoms with Gasteiger partial charge in [-0.05, 0) is 184 Å². The van der Waals surface area contributed by atoms with E-state index in [9.17, 15) is 0 Å². The summed E-state index contributed by atoms with van der Waals surface area (Å²) < 4.78 is 5.26. The Bertz CT molecular complexity index is 5290. The van der Waals surface area contributed by atoms with Crippen molar-refractivity contribution < 1.29 is 0 Å². The Morgan fingerprint density at radius 2 is 0.589 bits per heavy atom. The summed E-state index contributed by atoms with van der Waals surface area (Å²) in [5, 5.41) is 5.11. The fourth-order valence-electron chi connectivity index (χ4n) is 15.7. The number of benzene rings is 13. The third-order valence-electron chi connectivity index (χ3n) is 20.1. The quantitative estimate of drug-likeness (QED) is 0.135. The van der Waals surface area contributed by atoms with Gasteiger partial charge in [-0.1, -0.05) is 260 Å². The highest BCUT2D eigenvalue weighted by atomic mass is 15.0. The van der Waals surface area contributed by atoms with Crippen LogP contribution in [0.2, 0.25) is 0 Å². The van der Waals surface area contributed by atoms with E-state index < -0.39 is 0 Å². The van der Waals surface area contributed by atoms with Gasteiger partial charge < -0.3 is 9.13 Å². The zero-order chi connectivity index (χ0) is 63.8. The molecule has 0 atom stereocenters. The van der Waals surface area contributed by atoms with Gasteiger partial charge in [0.2, 0.25) is 0 Å². The molecule has 2 aliphatic heterocycles. The van der Waals surface area contributed by atoms with Crippen LogP contribution in [0.3, 0.4) is 0 Å². The molecule has 5 heteroatoms. The van der Waals surface area contributed by atoms with Crippen LogP contribution in [0.5, 0.6) is 0 Å². The highest BCUT2D eigenvalue weighted by Crippen LogP contribution is 2.47. The fourth-order valence-corrected chi connectivity index (χ4v) is 15.7. The zero-order valence-electron chi connectivity index (χ0n) is 54.2. The van der Waals surface area contributed by atoms with E-state index in [4.69, 9.17) is 9.97 Å². The number of hydrogen-bond acceptors (Lipinski definition) is 2. The fraction of sp³-hybridized carbons (Fsp3) is 0.0889. The number of aromatic nitrogens is 4. The summed E-state index contributed by atoms with van der Waals surface area (Å²) in [4.78, 5) is 11.9. The van der Waals surface area contributed by atoms with Crippen LogP contribution in [0.25, 0.3) is 156 Å². The molecule has 0 amide bonds. The van der Waals surface area contributed by atoms with Crippen molar-refractivity contribution in [3.8, 4) is 112 Å². The molecule has 0 unspecified atom stereocenters. The lowest BCUT2D eigenvalue weighted by Crippen LogP contribution is -2.59. The van der Waals surface area contributed by atoms with E-state index in [0.29, 0.717) is 5.82 Å². The van der Waals surface area contributed by atoms with Crippen molar-refractivity contribution in [3.63, 3.8) is 0 Å². The molecular weight excluding hydrogens is 1150 g/mol. The van der Waals surface area contributed by atoms with Crippen molar-refractivity contribution in [1.29, 1.82) is 0 Å². The molecule has 0 bridgehead atoms. The molecule has 0 saturated heterocycles. The summed E-state index contributed by atoms with van der Waals surface area (Å²) in [6, 6.07) is 110. The topological polar surface area (TPSA) is 35.6 Å². The highest BCUT2D eigenvalue weighted by molar-refractivity contribution is 7.00. The number of hydrogen-bond donors (Lipinski definition) is 0. The van der Waals surface area contributed by atoms with E-state index in [2.05, 4.69) is 348 Å². The maximum atomic E-state index is 5.93. The monoisotopic (exact) mass is 1210 g/mol. The molecule has 18 rings (SSSR count). The Balaban J connectivity index is 0.983. The molecule has 95 heavy (non-hydrogen) atoms. The molecular formula is C90H67BN4. The largest absolute Gasteiger partial charge is 0.310 e. The second kappa shape index (κ2) is 21.6. The Morgan fingerprint density at radius 3 is 0.916 bits per heavy atom.